The Kier molecular flexibility index (Phi) is 6.42. The van der Waals surface area contributed by atoms with Gasteiger partial charge in [0.05, 0.1) is 12.0 Å². The largest absolute Gasteiger partial charge is 0.462 e. The Morgan fingerprint density at radius 2 is 1.48 bits per heavy atom. The standard InChI is InChI=1S/C22H35NO2/c1-15-3-5-17(6-4-15)18-7-9-19(10-8-18)22(24)25-21-12-11-20(14-23)16(2)13-21/h15-21H,3-13H2,1-2H3. The third-order valence-electron chi connectivity index (χ3n) is 7.40. The first kappa shape index (κ1) is 18.7. The van der Waals surface area contributed by atoms with Crippen LogP contribution in [0.5, 0.6) is 0 Å². The van der Waals surface area contributed by atoms with E-state index in [1.807, 2.05) is 0 Å². The van der Waals surface area contributed by atoms with Gasteiger partial charge in [0, 0.05) is 5.92 Å². The summed E-state index contributed by atoms with van der Waals surface area (Å²) in [6.45, 7) is 4.50. The summed E-state index contributed by atoms with van der Waals surface area (Å²) >= 11 is 0. The third-order valence-corrected chi connectivity index (χ3v) is 7.40. The summed E-state index contributed by atoms with van der Waals surface area (Å²) in [4.78, 5) is 12.6. The monoisotopic (exact) mass is 345 g/mol. The summed E-state index contributed by atoms with van der Waals surface area (Å²) in [5, 5.41) is 9.12. The molecule has 3 atom stereocenters. The zero-order chi connectivity index (χ0) is 17.8. The second kappa shape index (κ2) is 8.56. The summed E-state index contributed by atoms with van der Waals surface area (Å²) in [5.41, 5.74) is 0. The zero-order valence-electron chi connectivity index (χ0n) is 16.1. The molecule has 140 valence electrons. The smallest absolute Gasteiger partial charge is 0.309 e. The molecule has 3 rings (SSSR count). The van der Waals surface area contributed by atoms with Crippen molar-refractivity contribution in [2.24, 2.45) is 35.5 Å². The van der Waals surface area contributed by atoms with Crippen LogP contribution in [0.25, 0.3) is 0 Å². The van der Waals surface area contributed by atoms with Crippen LogP contribution in [0, 0.1) is 46.8 Å². The van der Waals surface area contributed by atoms with E-state index in [9.17, 15) is 4.79 Å². The van der Waals surface area contributed by atoms with Gasteiger partial charge in [0.15, 0.2) is 0 Å². The number of rotatable bonds is 3. The van der Waals surface area contributed by atoms with Crippen molar-refractivity contribution in [2.45, 2.75) is 90.6 Å². The molecular weight excluding hydrogens is 310 g/mol. The Bertz CT molecular complexity index is 481. The van der Waals surface area contributed by atoms with Crippen molar-refractivity contribution in [3.63, 3.8) is 0 Å². The van der Waals surface area contributed by atoms with E-state index in [4.69, 9.17) is 10.00 Å². The van der Waals surface area contributed by atoms with Crippen LogP contribution in [-0.4, -0.2) is 12.1 Å². The maximum absolute atomic E-state index is 12.6. The minimum Gasteiger partial charge on any atom is -0.462 e. The van der Waals surface area contributed by atoms with Crippen molar-refractivity contribution in [1.82, 2.24) is 0 Å². The van der Waals surface area contributed by atoms with Crippen LogP contribution in [0.15, 0.2) is 0 Å². The van der Waals surface area contributed by atoms with Crippen molar-refractivity contribution in [1.29, 1.82) is 5.26 Å². The van der Waals surface area contributed by atoms with E-state index in [1.165, 1.54) is 38.5 Å². The maximum atomic E-state index is 12.6. The van der Waals surface area contributed by atoms with Crippen molar-refractivity contribution in [3.8, 4) is 6.07 Å². The van der Waals surface area contributed by atoms with E-state index in [-0.39, 0.29) is 23.9 Å². The van der Waals surface area contributed by atoms with Crippen molar-refractivity contribution in [2.75, 3.05) is 0 Å². The highest BCUT2D eigenvalue weighted by molar-refractivity contribution is 5.72. The highest BCUT2D eigenvalue weighted by Gasteiger charge is 2.35. The fourth-order valence-electron chi connectivity index (χ4n) is 5.49. The lowest BCUT2D eigenvalue weighted by Gasteiger charge is -2.37. The summed E-state index contributed by atoms with van der Waals surface area (Å²) in [6.07, 6.45) is 12.7. The van der Waals surface area contributed by atoms with Crippen LogP contribution in [-0.2, 0) is 9.53 Å². The number of esters is 1. The van der Waals surface area contributed by atoms with E-state index in [0.717, 1.165) is 49.9 Å². The van der Waals surface area contributed by atoms with E-state index in [0.29, 0.717) is 5.92 Å². The van der Waals surface area contributed by atoms with Crippen LogP contribution >= 0.6 is 0 Å². The first-order chi connectivity index (χ1) is 12.1. The molecule has 0 amide bonds. The molecule has 0 aromatic rings. The number of hydrogen-bond donors (Lipinski definition) is 0. The van der Waals surface area contributed by atoms with Gasteiger partial charge in [-0.1, -0.05) is 26.7 Å². The Balaban J connectivity index is 1.41. The average Bonchev–Trinajstić information content (AvgIpc) is 2.63. The van der Waals surface area contributed by atoms with Crippen LogP contribution in [0.1, 0.15) is 84.5 Å². The molecule has 3 aliphatic rings. The normalized spacial score (nSPS) is 42.4. The third kappa shape index (κ3) is 4.78. The molecule has 0 aromatic heterocycles. The summed E-state index contributed by atoms with van der Waals surface area (Å²) in [6, 6.07) is 2.39. The maximum Gasteiger partial charge on any atom is 0.309 e. The molecule has 0 heterocycles. The highest BCUT2D eigenvalue weighted by Crippen LogP contribution is 2.41. The molecule has 0 N–H and O–H groups in total. The SMILES string of the molecule is CC1CCC(C2CCC(C(=O)OC3CCC(C#N)C(C)C3)CC2)CC1. The second-order valence-corrected chi connectivity index (χ2v) is 9.22. The number of ether oxygens (including phenoxy) is 1. The van der Waals surface area contributed by atoms with E-state index in [1.54, 1.807) is 0 Å². The van der Waals surface area contributed by atoms with Gasteiger partial charge in [-0.3, -0.25) is 4.79 Å². The molecule has 0 radical (unpaired) electrons. The summed E-state index contributed by atoms with van der Waals surface area (Å²) in [5.74, 6) is 3.34. The molecule has 0 saturated heterocycles. The molecule has 3 saturated carbocycles. The van der Waals surface area contributed by atoms with Crippen LogP contribution in [0.3, 0.4) is 0 Å². The topological polar surface area (TPSA) is 50.1 Å². The van der Waals surface area contributed by atoms with E-state index in [2.05, 4.69) is 19.9 Å². The molecule has 0 spiro atoms. The van der Waals surface area contributed by atoms with E-state index < -0.39 is 0 Å². The van der Waals surface area contributed by atoms with Gasteiger partial charge in [-0.05, 0) is 81.5 Å². The summed E-state index contributed by atoms with van der Waals surface area (Å²) in [7, 11) is 0. The lowest BCUT2D eigenvalue weighted by Crippen LogP contribution is -2.33. The molecule has 0 bridgehead atoms. The number of nitrogens with zero attached hydrogens (tertiary/aromatic N) is 1. The van der Waals surface area contributed by atoms with Gasteiger partial charge >= 0.3 is 5.97 Å². The molecular formula is C22H35NO2. The van der Waals surface area contributed by atoms with Crippen LogP contribution in [0.4, 0.5) is 0 Å². The molecule has 0 aliphatic heterocycles. The lowest BCUT2D eigenvalue weighted by molar-refractivity contribution is -0.158. The number of carbonyl (C=O) groups is 1. The predicted molar refractivity (Wildman–Crippen MR) is 98.6 cm³/mol. The Morgan fingerprint density at radius 1 is 0.880 bits per heavy atom. The van der Waals surface area contributed by atoms with Crippen LogP contribution in [0.2, 0.25) is 0 Å². The molecule has 3 aliphatic carbocycles. The first-order valence-electron chi connectivity index (χ1n) is 10.7. The summed E-state index contributed by atoms with van der Waals surface area (Å²) < 4.78 is 5.84. The molecule has 25 heavy (non-hydrogen) atoms. The van der Waals surface area contributed by atoms with Gasteiger partial charge in [0.25, 0.3) is 0 Å². The first-order valence-corrected chi connectivity index (χ1v) is 10.7. The molecule has 3 heteroatoms. The van der Waals surface area contributed by atoms with Gasteiger partial charge in [0.2, 0.25) is 0 Å². The zero-order valence-corrected chi connectivity index (χ0v) is 16.1. The fourth-order valence-corrected chi connectivity index (χ4v) is 5.49. The molecule has 0 aromatic carbocycles. The number of nitriles is 1. The lowest BCUT2D eigenvalue weighted by atomic mass is 9.69. The van der Waals surface area contributed by atoms with Gasteiger partial charge < -0.3 is 4.74 Å². The highest BCUT2D eigenvalue weighted by atomic mass is 16.5. The van der Waals surface area contributed by atoms with Crippen LogP contribution < -0.4 is 0 Å². The molecule has 3 unspecified atom stereocenters. The number of hydrogen-bond acceptors (Lipinski definition) is 3. The van der Waals surface area contributed by atoms with E-state index >= 15 is 0 Å². The minimum atomic E-state index is 0.0447. The second-order valence-electron chi connectivity index (χ2n) is 9.22. The minimum absolute atomic E-state index is 0.0447. The van der Waals surface area contributed by atoms with Gasteiger partial charge in [-0.15, -0.1) is 0 Å². The average molecular weight is 346 g/mol. The predicted octanol–water partition coefficient (Wildman–Crippen LogP) is 5.49. The van der Waals surface area contributed by atoms with Gasteiger partial charge in [0.1, 0.15) is 6.10 Å². The fraction of sp³-hybridized carbons (Fsp3) is 0.909. The number of carbonyl (C=O) groups excluding carboxylic acids is 1. The molecule has 3 nitrogen and oxygen atoms in total. The van der Waals surface area contributed by atoms with Crippen molar-refractivity contribution >= 4 is 5.97 Å². The molecule has 3 fully saturated rings. The van der Waals surface area contributed by atoms with Gasteiger partial charge in [-0.2, -0.15) is 5.26 Å². The van der Waals surface area contributed by atoms with Crippen molar-refractivity contribution in [3.05, 3.63) is 0 Å². The Morgan fingerprint density at radius 3 is 2.04 bits per heavy atom. The van der Waals surface area contributed by atoms with Crippen molar-refractivity contribution < 1.29 is 9.53 Å². The van der Waals surface area contributed by atoms with Gasteiger partial charge in [-0.25, -0.2) is 0 Å². The Hall–Kier alpha value is -1.04. The Labute approximate surface area is 153 Å². The quantitative estimate of drug-likeness (QED) is 0.635.